The summed E-state index contributed by atoms with van der Waals surface area (Å²) < 4.78 is 2.11. The number of nitrogens with zero attached hydrogens (tertiary/aromatic N) is 2. The lowest BCUT2D eigenvalue weighted by Crippen LogP contribution is -2.22. The molecule has 1 atom stereocenters. The van der Waals surface area contributed by atoms with Gasteiger partial charge in [0.1, 0.15) is 6.17 Å². The standard InChI is InChI=1S/C16H17N3O/c1-12(18-20)19-15(9-13-5-4-8-17-11-13)10-14-6-2-3-7-16(14)19/h2-8,10-12,18,20H,9H2,1H3. The zero-order valence-corrected chi connectivity index (χ0v) is 11.3. The van der Waals surface area contributed by atoms with Crippen molar-refractivity contribution in [3.05, 3.63) is 66.1 Å². The van der Waals surface area contributed by atoms with Crippen molar-refractivity contribution >= 4 is 10.9 Å². The first-order valence-electron chi connectivity index (χ1n) is 6.67. The van der Waals surface area contributed by atoms with Gasteiger partial charge in [0.15, 0.2) is 0 Å². The molecule has 0 aliphatic rings. The van der Waals surface area contributed by atoms with E-state index in [1.54, 1.807) is 6.20 Å². The highest BCUT2D eigenvalue weighted by atomic mass is 16.5. The summed E-state index contributed by atoms with van der Waals surface area (Å²) in [6, 6.07) is 14.4. The molecule has 1 unspecified atom stereocenters. The van der Waals surface area contributed by atoms with E-state index in [1.807, 2.05) is 31.3 Å². The van der Waals surface area contributed by atoms with E-state index >= 15 is 0 Å². The molecule has 3 aromatic rings. The van der Waals surface area contributed by atoms with Crippen LogP contribution >= 0.6 is 0 Å². The summed E-state index contributed by atoms with van der Waals surface area (Å²) in [6.45, 7) is 1.93. The molecule has 0 saturated carbocycles. The normalized spacial score (nSPS) is 12.7. The lowest BCUT2D eigenvalue weighted by Gasteiger charge is -2.17. The maximum Gasteiger partial charge on any atom is 0.104 e. The highest BCUT2D eigenvalue weighted by Gasteiger charge is 2.13. The Bertz CT molecular complexity index is 706. The van der Waals surface area contributed by atoms with E-state index in [4.69, 9.17) is 0 Å². The first-order chi connectivity index (χ1) is 9.79. The summed E-state index contributed by atoms with van der Waals surface area (Å²) in [5.74, 6) is 0. The molecule has 2 N–H and O–H groups in total. The predicted molar refractivity (Wildman–Crippen MR) is 78.6 cm³/mol. The van der Waals surface area contributed by atoms with Crippen LogP contribution in [-0.4, -0.2) is 14.8 Å². The number of hydrogen-bond acceptors (Lipinski definition) is 3. The van der Waals surface area contributed by atoms with Crippen LogP contribution in [0.4, 0.5) is 0 Å². The lowest BCUT2D eigenvalue weighted by molar-refractivity contribution is 0.104. The fraction of sp³-hybridized carbons (Fsp3) is 0.188. The minimum absolute atomic E-state index is 0.179. The summed E-state index contributed by atoms with van der Waals surface area (Å²) in [6.07, 6.45) is 4.26. The van der Waals surface area contributed by atoms with E-state index < -0.39 is 0 Å². The number of fused-ring (bicyclic) bond motifs is 1. The van der Waals surface area contributed by atoms with E-state index in [-0.39, 0.29) is 6.17 Å². The molecule has 0 aliphatic carbocycles. The van der Waals surface area contributed by atoms with Gasteiger partial charge in [-0.15, -0.1) is 0 Å². The molecule has 0 amide bonds. The third-order valence-corrected chi connectivity index (χ3v) is 3.51. The van der Waals surface area contributed by atoms with Crippen LogP contribution in [0, 0.1) is 0 Å². The summed E-state index contributed by atoms with van der Waals surface area (Å²) in [4.78, 5) is 4.16. The Balaban J connectivity index is 2.09. The first kappa shape index (κ1) is 12.8. The van der Waals surface area contributed by atoms with Crippen LogP contribution in [0.15, 0.2) is 54.9 Å². The molecule has 4 heteroatoms. The molecule has 0 spiro atoms. The highest BCUT2D eigenvalue weighted by molar-refractivity contribution is 5.81. The smallest absolute Gasteiger partial charge is 0.104 e. The van der Waals surface area contributed by atoms with Gasteiger partial charge < -0.3 is 9.77 Å². The van der Waals surface area contributed by atoms with Gasteiger partial charge in [-0.2, -0.15) is 5.48 Å². The van der Waals surface area contributed by atoms with Crippen LogP contribution in [0.25, 0.3) is 10.9 Å². The third-order valence-electron chi connectivity index (χ3n) is 3.51. The van der Waals surface area contributed by atoms with Crippen molar-refractivity contribution in [2.24, 2.45) is 0 Å². The second-order valence-electron chi connectivity index (χ2n) is 4.91. The van der Waals surface area contributed by atoms with Crippen molar-refractivity contribution < 1.29 is 5.21 Å². The number of hydrogen-bond donors (Lipinski definition) is 2. The Labute approximate surface area is 117 Å². The maximum absolute atomic E-state index is 9.27. The molecule has 3 rings (SSSR count). The van der Waals surface area contributed by atoms with E-state index in [0.29, 0.717) is 0 Å². The van der Waals surface area contributed by atoms with E-state index in [1.165, 1.54) is 5.39 Å². The van der Waals surface area contributed by atoms with Gasteiger partial charge in [-0.3, -0.25) is 4.98 Å². The van der Waals surface area contributed by atoms with Gasteiger partial charge in [0.25, 0.3) is 0 Å². The van der Waals surface area contributed by atoms with Crippen LogP contribution < -0.4 is 5.48 Å². The van der Waals surface area contributed by atoms with Crippen LogP contribution in [0.1, 0.15) is 24.3 Å². The number of rotatable bonds is 4. The Morgan fingerprint density at radius 2 is 2.10 bits per heavy atom. The van der Waals surface area contributed by atoms with Gasteiger partial charge in [-0.25, -0.2) is 0 Å². The molecule has 0 aliphatic heterocycles. The Morgan fingerprint density at radius 1 is 1.25 bits per heavy atom. The molecule has 2 aromatic heterocycles. The fourth-order valence-electron chi connectivity index (χ4n) is 2.60. The van der Waals surface area contributed by atoms with Gasteiger partial charge in [0.05, 0.1) is 0 Å². The lowest BCUT2D eigenvalue weighted by atomic mass is 10.1. The minimum atomic E-state index is -0.179. The Hall–Kier alpha value is -2.17. The SMILES string of the molecule is CC(NO)n1c(Cc2cccnc2)cc2ccccc21. The number of para-hydroxylation sites is 1. The average molecular weight is 267 g/mol. The Kier molecular flexibility index (Phi) is 3.50. The Morgan fingerprint density at radius 3 is 2.85 bits per heavy atom. The number of aromatic nitrogens is 2. The monoisotopic (exact) mass is 267 g/mol. The highest BCUT2D eigenvalue weighted by Crippen LogP contribution is 2.24. The van der Waals surface area contributed by atoms with Crippen LogP contribution in [0.2, 0.25) is 0 Å². The summed E-state index contributed by atoms with van der Waals surface area (Å²) in [5, 5.41) is 10.4. The van der Waals surface area contributed by atoms with Gasteiger partial charge in [0, 0.05) is 30.0 Å². The predicted octanol–water partition coefficient (Wildman–Crippen LogP) is 3.12. The van der Waals surface area contributed by atoms with E-state index in [0.717, 1.165) is 23.2 Å². The fourth-order valence-corrected chi connectivity index (χ4v) is 2.60. The van der Waals surface area contributed by atoms with Crippen LogP contribution in [0.5, 0.6) is 0 Å². The molecule has 0 radical (unpaired) electrons. The van der Waals surface area contributed by atoms with Crippen molar-refractivity contribution in [3.8, 4) is 0 Å². The van der Waals surface area contributed by atoms with Crippen molar-refractivity contribution in [3.63, 3.8) is 0 Å². The molecule has 0 bridgehead atoms. The summed E-state index contributed by atoms with van der Waals surface area (Å²) in [5.41, 5.74) is 5.75. The van der Waals surface area contributed by atoms with E-state index in [2.05, 4.69) is 39.3 Å². The minimum Gasteiger partial charge on any atom is -0.326 e. The van der Waals surface area contributed by atoms with Crippen LogP contribution in [0.3, 0.4) is 0 Å². The topological polar surface area (TPSA) is 50.1 Å². The van der Waals surface area contributed by atoms with Crippen molar-refractivity contribution in [2.75, 3.05) is 0 Å². The molecule has 102 valence electrons. The molecule has 4 nitrogen and oxygen atoms in total. The summed E-state index contributed by atoms with van der Waals surface area (Å²) >= 11 is 0. The second kappa shape index (κ2) is 5.45. The van der Waals surface area contributed by atoms with Crippen molar-refractivity contribution in [1.82, 2.24) is 15.0 Å². The van der Waals surface area contributed by atoms with Gasteiger partial charge >= 0.3 is 0 Å². The number of hydroxylamine groups is 1. The molecule has 0 saturated heterocycles. The zero-order valence-electron chi connectivity index (χ0n) is 11.3. The molecule has 1 aromatic carbocycles. The molecular formula is C16H17N3O. The zero-order chi connectivity index (χ0) is 13.9. The summed E-state index contributed by atoms with van der Waals surface area (Å²) in [7, 11) is 0. The van der Waals surface area contributed by atoms with Crippen LogP contribution in [-0.2, 0) is 6.42 Å². The number of benzene rings is 1. The van der Waals surface area contributed by atoms with Crippen molar-refractivity contribution in [1.29, 1.82) is 0 Å². The molecule has 20 heavy (non-hydrogen) atoms. The van der Waals surface area contributed by atoms with Gasteiger partial charge in [-0.1, -0.05) is 24.3 Å². The number of nitrogens with one attached hydrogen (secondary N) is 1. The van der Waals surface area contributed by atoms with Crippen molar-refractivity contribution in [2.45, 2.75) is 19.5 Å². The van der Waals surface area contributed by atoms with E-state index in [9.17, 15) is 5.21 Å². The molecular weight excluding hydrogens is 250 g/mol. The maximum atomic E-state index is 9.27. The average Bonchev–Trinajstić information content (AvgIpc) is 2.85. The second-order valence-corrected chi connectivity index (χ2v) is 4.91. The first-order valence-corrected chi connectivity index (χ1v) is 6.67. The number of pyridine rings is 1. The third kappa shape index (κ3) is 2.31. The molecule has 2 heterocycles. The van der Waals surface area contributed by atoms with Gasteiger partial charge in [0.2, 0.25) is 0 Å². The quantitative estimate of drug-likeness (QED) is 0.714. The largest absolute Gasteiger partial charge is 0.326 e. The van der Waals surface area contributed by atoms with Gasteiger partial charge in [-0.05, 0) is 36.1 Å². The molecule has 0 fully saturated rings.